The zero-order chi connectivity index (χ0) is 41.9. The van der Waals surface area contributed by atoms with Crippen LogP contribution < -0.4 is 10.1 Å². The number of hydrogen-bond donors (Lipinski definition) is 1. The molecule has 0 saturated heterocycles. The molecule has 1 aliphatic heterocycles. The number of nitrogens with zero attached hydrogens (tertiary/aromatic N) is 5. The van der Waals surface area contributed by atoms with Crippen LogP contribution in [0, 0.1) is 0 Å². The maximum atomic E-state index is 13.9. The van der Waals surface area contributed by atoms with Gasteiger partial charge in [0.15, 0.2) is 0 Å². The standard InChI is InChI=1S/C55H34N6O2/c62-55(63-44-11-2-1-3-12-44)43-31-41(47-25-21-36-16-14-34-10-6-28-57-50(34)52(36)60-47)30-42(32-43)48-26-22-38-18-17-37-20-24-46(59-53(37)54(38)61-48)40-8-4-7-39(29-40)45-23-19-35-15-13-33-9-5-27-56-49(33)51(35)58-45/h1-32,51,58H. The summed E-state index contributed by atoms with van der Waals surface area (Å²) in [4.78, 5) is 38.9. The van der Waals surface area contributed by atoms with Gasteiger partial charge in [0.25, 0.3) is 0 Å². The van der Waals surface area contributed by atoms with E-state index in [1.54, 1.807) is 18.3 Å². The number of pyridine rings is 5. The number of carbonyl (C=O) groups is 1. The van der Waals surface area contributed by atoms with Crippen LogP contribution in [0.2, 0.25) is 0 Å². The monoisotopic (exact) mass is 810 g/mol. The molecule has 296 valence electrons. The Kier molecular flexibility index (Phi) is 8.53. The van der Waals surface area contributed by atoms with Crippen LogP contribution in [-0.4, -0.2) is 30.9 Å². The lowest BCUT2D eigenvalue weighted by atomic mass is 9.90. The number of rotatable bonds is 6. The van der Waals surface area contributed by atoms with Crippen LogP contribution in [0.3, 0.4) is 0 Å². The van der Waals surface area contributed by atoms with E-state index in [0.29, 0.717) is 22.7 Å². The Bertz CT molecular complexity index is 3610. The van der Waals surface area contributed by atoms with Crippen LogP contribution >= 0.6 is 0 Å². The van der Waals surface area contributed by atoms with Gasteiger partial charge >= 0.3 is 5.97 Å². The molecule has 5 aromatic carbocycles. The van der Waals surface area contributed by atoms with Crippen molar-refractivity contribution in [3.8, 4) is 39.5 Å². The first-order valence-corrected chi connectivity index (χ1v) is 20.8. The van der Waals surface area contributed by atoms with E-state index in [1.165, 1.54) is 5.57 Å². The van der Waals surface area contributed by atoms with E-state index in [9.17, 15) is 4.79 Å². The lowest BCUT2D eigenvalue weighted by Gasteiger charge is -2.29. The molecule has 63 heavy (non-hydrogen) atoms. The highest BCUT2D eigenvalue weighted by atomic mass is 16.5. The molecular formula is C55H34N6O2. The Labute approximate surface area is 361 Å². The number of ether oxygens (including phenoxy) is 1. The topological polar surface area (TPSA) is 103 Å². The van der Waals surface area contributed by atoms with Crippen molar-refractivity contribution in [2.75, 3.05) is 0 Å². The first-order chi connectivity index (χ1) is 31.1. The highest BCUT2D eigenvalue weighted by Gasteiger charge is 2.26. The number of aromatic nitrogens is 5. The first kappa shape index (κ1) is 36.2. The third-order valence-corrected chi connectivity index (χ3v) is 11.8. The van der Waals surface area contributed by atoms with Gasteiger partial charge in [-0.2, -0.15) is 0 Å². The number of hydrogen-bond acceptors (Lipinski definition) is 8. The smallest absolute Gasteiger partial charge is 0.343 e. The van der Waals surface area contributed by atoms with E-state index < -0.39 is 5.97 Å². The van der Waals surface area contributed by atoms with Crippen LogP contribution in [0.15, 0.2) is 194 Å². The van der Waals surface area contributed by atoms with Gasteiger partial charge in [-0.05, 0) is 89.5 Å². The number of dihydropyridines is 1. The minimum Gasteiger partial charge on any atom is -0.423 e. The molecule has 1 N–H and O–H groups in total. The summed E-state index contributed by atoms with van der Waals surface area (Å²) in [5.74, 6) is -0.0225. The maximum Gasteiger partial charge on any atom is 0.343 e. The molecule has 2 aliphatic rings. The van der Waals surface area contributed by atoms with Gasteiger partial charge < -0.3 is 10.1 Å². The molecule has 8 nitrogen and oxygen atoms in total. The molecule has 12 rings (SSSR count). The molecule has 1 atom stereocenters. The fourth-order valence-corrected chi connectivity index (χ4v) is 8.63. The quantitative estimate of drug-likeness (QED) is 0.101. The van der Waals surface area contributed by atoms with Crippen molar-refractivity contribution >= 4 is 61.4 Å². The summed E-state index contributed by atoms with van der Waals surface area (Å²) in [5.41, 5.74) is 13.6. The van der Waals surface area contributed by atoms with Gasteiger partial charge in [-0.25, -0.2) is 19.7 Å². The second kappa shape index (κ2) is 14.8. The number of para-hydroxylation sites is 1. The van der Waals surface area contributed by atoms with E-state index in [4.69, 9.17) is 24.7 Å². The third kappa shape index (κ3) is 6.58. The number of esters is 1. The Hall–Kier alpha value is -8.62. The molecular weight excluding hydrogens is 777 g/mol. The van der Waals surface area contributed by atoms with Crippen LogP contribution in [0.4, 0.5) is 0 Å². The fourth-order valence-electron chi connectivity index (χ4n) is 8.63. The predicted molar refractivity (Wildman–Crippen MR) is 251 cm³/mol. The van der Waals surface area contributed by atoms with Crippen molar-refractivity contribution < 1.29 is 9.53 Å². The normalized spacial score (nSPS) is 14.2. The highest BCUT2D eigenvalue weighted by molar-refractivity contribution is 6.05. The Morgan fingerprint density at radius 3 is 1.79 bits per heavy atom. The molecule has 1 unspecified atom stereocenters. The van der Waals surface area contributed by atoms with Crippen molar-refractivity contribution in [1.82, 2.24) is 30.2 Å². The van der Waals surface area contributed by atoms with E-state index in [1.807, 2.05) is 79.0 Å². The summed E-state index contributed by atoms with van der Waals surface area (Å²) in [6.07, 6.45) is 12.2. The minimum absolute atomic E-state index is 0.0203. The van der Waals surface area contributed by atoms with Gasteiger partial charge in [0.2, 0.25) is 0 Å². The predicted octanol–water partition coefficient (Wildman–Crippen LogP) is 12.1. The number of allylic oxidation sites excluding steroid dienone is 2. The van der Waals surface area contributed by atoms with Crippen LogP contribution in [0.5, 0.6) is 5.75 Å². The number of benzene rings is 5. The van der Waals surface area contributed by atoms with Crippen LogP contribution in [0.1, 0.15) is 33.2 Å². The summed E-state index contributed by atoms with van der Waals surface area (Å²) in [7, 11) is 0. The summed E-state index contributed by atoms with van der Waals surface area (Å²) < 4.78 is 5.86. The van der Waals surface area contributed by atoms with E-state index >= 15 is 0 Å². The molecule has 5 aromatic heterocycles. The third-order valence-electron chi connectivity index (χ3n) is 11.8. The van der Waals surface area contributed by atoms with E-state index in [-0.39, 0.29) is 6.04 Å². The van der Waals surface area contributed by atoms with Gasteiger partial charge in [-0.1, -0.05) is 109 Å². The molecule has 0 bridgehead atoms. The summed E-state index contributed by atoms with van der Waals surface area (Å²) in [6, 6.07) is 51.7. The lowest BCUT2D eigenvalue weighted by Crippen LogP contribution is -2.26. The summed E-state index contributed by atoms with van der Waals surface area (Å²) >= 11 is 0. The van der Waals surface area contributed by atoms with Gasteiger partial charge in [-0.15, -0.1) is 0 Å². The maximum absolute atomic E-state index is 13.9. The van der Waals surface area contributed by atoms with Gasteiger partial charge in [0.05, 0.1) is 56.4 Å². The second-order valence-corrected chi connectivity index (χ2v) is 15.7. The molecule has 1 aliphatic carbocycles. The lowest BCUT2D eigenvalue weighted by molar-refractivity contribution is 0.0735. The average Bonchev–Trinajstić information content (AvgIpc) is 3.35. The Balaban J connectivity index is 0.944. The molecule has 6 heterocycles. The first-order valence-electron chi connectivity index (χ1n) is 20.8. The molecule has 0 saturated carbocycles. The van der Waals surface area contributed by atoms with Crippen molar-refractivity contribution in [3.05, 3.63) is 216 Å². The molecule has 0 radical (unpaired) electrons. The summed E-state index contributed by atoms with van der Waals surface area (Å²) in [5, 5.41) is 7.65. The minimum atomic E-state index is -0.482. The zero-order valence-electron chi connectivity index (χ0n) is 33.6. The van der Waals surface area contributed by atoms with Gasteiger partial charge in [0, 0.05) is 56.3 Å². The molecule has 8 heteroatoms. The van der Waals surface area contributed by atoms with Crippen LogP contribution in [0.25, 0.3) is 89.2 Å². The molecule has 0 fully saturated rings. The van der Waals surface area contributed by atoms with Crippen molar-refractivity contribution in [3.63, 3.8) is 0 Å². The van der Waals surface area contributed by atoms with Crippen molar-refractivity contribution in [2.24, 2.45) is 0 Å². The molecule has 0 amide bonds. The van der Waals surface area contributed by atoms with Gasteiger partial charge in [0.1, 0.15) is 5.75 Å². The van der Waals surface area contributed by atoms with E-state index in [2.05, 4.69) is 107 Å². The van der Waals surface area contributed by atoms with Crippen molar-refractivity contribution in [2.45, 2.75) is 6.04 Å². The average molecular weight is 811 g/mol. The molecule has 0 spiro atoms. The second-order valence-electron chi connectivity index (χ2n) is 15.7. The van der Waals surface area contributed by atoms with E-state index in [0.717, 1.165) is 88.5 Å². The Morgan fingerprint density at radius 2 is 1.08 bits per heavy atom. The van der Waals surface area contributed by atoms with Gasteiger partial charge in [-0.3, -0.25) is 9.97 Å². The SMILES string of the molecule is O=C(Oc1ccccc1)c1cc(-c2ccc3ccc4cccnc4c3n2)cc(-c2ccc3ccc4ccc(-c5cccc(C6=CC=C7C=Cc8cccnc8C7N6)c5)nc4c3n2)c1. The largest absolute Gasteiger partial charge is 0.423 e. The number of fused-ring (bicyclic) bond motifs is 9. The molecule has 10 aromatic rings. The van der Waals surface area contributed by atoms with Crippen molar-refractivity contribution in [1.29, 1.82) is 0 Å². The zero-order valence-corrected chi connectivity index (χ0v) is 33.6. The van der Waals surface area contributed by atoms with Crippen LogP contribution in [-0.2, 0) is 0 Å². The number of nitrogens with one attached hydrogen (secondary N) is 1. The Morgan fingerprint density at radius 1 is 0.492 bits per heavy atom. The fraction of sp³-hybridized carbons (Fsp3) is 0.0182. The highest BCUT2D eigenvalue weighted by Crippen LogP contribution is 2.37. The number of carbonyl (C=O) groups excluding carboxylic acids is 1. The summed E-state index contributed by atoms with van der Waals surface area (Å²) in [6.45, 7) is 0.